The smallest absolute Gasteiger partial charge is 0.434 e. The third-order valence-corrected chi connectivity index (χ3v) is 3.68. The van der Waals surface area contributed by atoms with Crippen LogP contribution in [0.25, 0.3) is 11.4 Å². The Hall–Kier alpha value is -2.81. The molecule has 0 bridgehead atoms. The summed E-state index contributed by atoms with van der Waals surface area (Å²) in [5, 5.41) is -0.0295. The average molecular weight is 402 g/mol. The van der Waals surface area contributed by atoms with E-state index in [-0.39, 0.29) is 34.9 Å². The van der Waals surface area contributed by atoms with Crippen molar-refractivity contribution in [2.45, 2.75) is 12.8 Å². The van der Waals surface area contributed by atoms with Crippen molar-refractivity contribution in [2.24, 2.45) is 6.98 Å². The Morgan fingerprint density at radius 2 is 1.96 bits per heavy atom. The molecule has 0 atom stereocenters. The number of halogens is 4. The van der Waals surface area contributed by atoms with Crippen molar-refractivity contribution in [3.8, 4) is 23.0 Å². The van der Waals surface area contributed by atoms with E-state index in [1.807, 2.05) is 0 Å². The second-order valence-electron chi connectivity index (χ2n) is 5.32. The number of nitrogens with zero attached hydrogens (tertiary/aromatic N) is 4. The van der Waals surface area contributed by atoms with Crippen molar-refractivity contribution in [1.82, 2.24) is 19.5 Å². The van der Waals surface area contributed by atoms with Gasteiger partial charge in [-0.15, -0.1) is 0 Å². The maximum absolute atomic E-state index is 13.0. The zero-order chi connectivity index (χ0) is 22.1. The topological polar surface area (TPSA) is 62.1 Å². The van der Waals surface area contributed by atoms with Gasteiger partial charge in [0.2, 0.25) is 5.28 Å². The molecule has 3 aromatic rings. The van der Waals surface area contributed by atoms with Gasteiger partial charge in [0.25, 0.3) is 5.88 Å². The van der Waals surface area contributed by atoms with Crippen molar-refractivity contribution in [3.05, 3.63) is 53.2 Å². The normalized spacial score (nSPS) is 13.6. The number of ether oxygens (including phenoxy) is 2. The van der Waals surface area contributed by atoms with Gasteiger partial charge in [0, 0.05) is 22.8 Å². The number of alkyl halides is 3. The summed E-state index contributed by atoms with van der Waals surface area (Å²) in [5.74, 6) is 0.0730. The summed E-state index contributed by atoms with van der Waals surface area (Å²) < 4.78 is 72.6. The minimum absolute atomic E-state index is 0.0295. The fraction of sp³-hybridized carbons (Fsp3) is 0.235. The number of hydrogen-bond donors (Lipinski definition) is 0. The molecular weight excluding hydrogens is 385 g/mol. The Morgan fingerprint density at radius 3 is 2.59 bits per heavy atom. The van der Waals surface area contributed by atoms with Crippen molar-refractivity contribution >= 4 is 11.6 Å². The first-order chi connectivity index (χ1) is 14.0. The predicted molar refractivity (Wildman–Crippen MR) is 91.6 cm³/mol. The molecule has 0 radical (unpaired) electrons. The summed E-state index contributed by atoms with van der Waals surface area (Å²) >= 11 is 5.74. The van der Waals surface area contributed by atoms with E-state index in [0.29, 0.717) is 16.3 Å². The lowest BCUT2D eigenvalue weighted by molar-refractivity contribution is -0.140. The zero-order valence-corrected chi connectivity index (χ0v) is 14.5. The van der Waals surface area contributed by atoms with Crippen LogP contribution in [0.3, 0.4) is 0 Å². The summed E-state index contributed by atoms with van der Waals surface area (Å²) in [5.41, 5.74) is -0.444. The molecule has 0 aliphatic heterocycles. The molecule has 2 heterocycles. The molecule has 0 saturated carbocycles. The standard InChI is InChI=1S/C17H14ClF3N4O2/c1-25-8-13(17(19,20)21)23-14(25)11-5-3-10(4-6-11)9-27-15-12(26-2)7-22-16(18)24-15/h3-8H,9H2,1-2H3/i1D3. The Kier molecular flexibility index (Phi) is 4.20. The van der Waals surface area contributed by atoms with E-state index in [0.717, 1.165) is 0 Å². The van der Waals surface area contributed by atoms with Crippen LogP contribution in [0.4, 0.5) is 13.2 Å². The quantitative estimate of drug-likeness (QED) is 0.601. The molecular formula is C17H14ClF3N4O2. The van der Waals surface area contributed by atoms with Crippen molar-refractivity contribution < 1.29 is 26.8 Å². The third-order valence-electron chi connectivity index (χ3n) is 3.50. The minimum Gasteiger partial charge on any atom is -0.490 e. The van der Waals surface area contributed by atoms with E-state index in [9.17, 15) is 13.2 Å². The highest BCUT2D eigenvalue weighted by atomic mass is 35.5. The number of hydrogen-bond acceptors (Lipinski definition) is 5. The van der Waals surface area contributed by atoms with Crippen molar-refractivity contribution in [3.63, 3.8) is 0 Å². The van der Waals surface area contributed by atoms with Gasteiger partial charge in [0.15, 0.2) is 11.4 Å². The Balaban J connectivity index is 1.84. The van der Waals surface area contributed by atoms with Gasteiger partial charge in [-0.3, -0.25) is 0 Å². The highest BCUT2D eigenvalue weighted by molar-refractivity contribution is 6.28. The van der Waals surface area contributed by atoms with Gasteiger partial charge < -0.3 is 14.0 Å². The number of aromatic nitrogens is 4. The second kappa shape index (κ2) is 7.43. The molecule has 10 heteroatoms. The molecule has 0 fully saturated rings. The SMILES string of the molecule is [2H]C([2H])([2H])n1cc(C(F)(F)F)nc1-c1ccc(COc2nc(Cl)ncc2OC)cc1. The second-order valence-corrected chi connectivity index (χ2v) is 5.65. The van der Waals surface area contributed by atoms with E-state index >= 15 is 0 Å². The number of imidazole rings is 1. The summed E-state index contributed by atoms with van der Waals surface area (Å²) in [4.78, 5) is 11.2. The van der Waals surface area contributed by atoms with E-state index in [2.05, 4.69) is 15.0 Å². The fourth-order valence-electron chi connectivity index (χ4n) is 2.20. The van der Waals surface area contributed by atoms with Crippen LogP contribution >= 0.6 is 11.6 Å². The van der Waals surface area contributed by atoms with E-state index in [1.54, 1.807) is 12.1 Å². The summed E-state index contributed by atoms with van der Waals surface area (Å²) in [6.07, 6.45) is -2.94. The molecule has 1 aromatic carbocycles. The first-order valence-electron chi connectivity index (χ1n) is 8.95. The van der Waals surface area contributed by atoms with Crippen LogP contribution in [0.1, 0.15) is 15.4 Å². The average Bonchev–Trinajstić information content (AvgIpc) is 3.13. The van der Waals surface area contributed by atoms with Crippen molar-refractivity contribution in [1.29, 1.82) is 0 Å². The molecule has 6 nitrogen and oxygen atoms in total. The van der Waals surface area contributed by atoms with Crippen LogP contribution < -0.4 is 9.47 Å². The number of benzene rings is 1. The van der Waals surface area contributed by atoms with Gasteiger partial charge in [-0.05, 0) is 17.2 Å². The summed E-state index contributed by atoms with van der Waals surface area (Å²) in [6, 6.07) is 6.04. The summed E-state index contributed by atoms with van der Waals surface area (Å²) in [7, 11) is 1.41. The van der Waals surface area contributed by atoms with E-state index in [4.69, 9.17) is 25.2 Å². The van der Waals surface area contributed by atoms with Gasteiger partial charge >= 0.3 is 6.18 Å². The van der Waals surface area contributed by atoms with Gasteiger partial charge in [-0.1, -0.05) is 24.3 Å². The van der Waals surface area contributed by atoms with Crippen molar-refractivity contribution in [2.75, 3.05) is 7.11 Å². The van der Waals surface area contributed by atoms with Gasteiger partial charge in [0.1, 0.15) is 12.4 Å². The first-order valence-corrected chi connectivity index (χ1v) is 7.82. The molecule has 0 aliphatic carbocycles. The molecule has 0 unspecified atom stereocenters. The molecule has 0 spiro atoms. The van der Waals surface area contributed by atoms with Crippen LogP contribution in [0.5, 0.6) is 11.6 Å². The van der Waals surface area contributed by atoms with Gasteiger partial charge in [-0.25, -0.2) is 9.97 Å². The van der Waals surface area contributed by atoms with Crippen LogP contribution in [-0.4, -0.2) is 26.6 Å². The van der Waals surface area contributed by atoms with E-state index < -0.39 is 18.8 Å². The minimum atomic E-state index is -4.77. The zero-order valence-electron chi connectivity index (χ0n) is 16.8. The fourth-order valence-corrected chi connectivity index (χ4v) is 2.33. The Labute approximate surface area is 161 Å². The van der Waals surface area contributed by atoms with Crippen LogP contribution in [0, 0.1) is 0 Å². The van der Waals surface area contributed by atoms with Gasteiger partial charge in [0.05, 0.1) is 13.3 Å². The molecule has 27 heavy (non-hydrogen) atoms. The lowest BCUT2D eigenvalue weighted by atomic mass is 10.1. The first kappa shape index (κ1) is 15.3. The van der Waals surface area contributed by atoms with E-state index in [1.165, 1.54) is 25.4 Å². The third kappa shape index (κ3) is 4.30. The van der Waals surface area contributed by atoms with Crippen LogP contribution in [0.15, 0.2) is 36.7 Å². The highest BCUT2D eigenvalue weighted by Gasteiger charge is 2.34. The Bertz CT molecular complexity index is 1040. The number of methoxy groups -OCH3 is 1. The lowest BCUT2D eigenvalue weighted by Crippen LogP contribution is -2.04. The molecule has 142 valence electrons. The summed E-state index contributed by atoms with van der Waals surface area (Å²) in [6.45, 7) is -2.78. The van der Waals surface area contributed by atoms with Crippen LogP contribution in [0.2, 0.25) is 5.28 Å². The number of rotatable bonds is 5. The highest BCUT2D eigenvalue weighted by Crippen LogP contribution is 2.31. The van der Waals surface area contributed by atoms with Gasteiger partial charge in [-0.2, -0.15) is 18.2 Å². The number of aryl methyl sites for hydroxylation is 1. The monoisotopic (exact) mass is 401 g/mol. The lowest BCUT2D eigenvalue weighted by Gasteiger charge is -2.09. The molecule has 0 saturated heterocycles. The molecule has 0 N–H and O–H groups in total. The maximum Gasteiger partial charge on any atom is 0.434 e. The Morgan fingerprint density at radius 1 is 1.22 bits per heavy atom. The largest absolute Gasteiger partial charge is 0.490 e. The molecule has 0 aliphatic rings. The van der Waals surface area contributed by atoms with Crippen LogP contribution in [-0.2, 0) is 19.8 Å². The molecule has 2 aromatic heterocycles. The maximum atomic E-state index is 13.0. The predicted octanol–water partition coefficient (Wildman–Crippen LogP) is 4.14. The molecule has 0 amide bonds. The molecule has 3 rings (SSSR count).